The van der Waals surface area contributed by atoms with Gasteiger partial charge in [0.2, 0.25) is 0 Å². The molecular weight excluding hydrogens is 230 g/mol. The van der Waals surface area contributed by atoms with Crippen LogP contribution in [-0.2, 0) is 4.74 Å². The second kappa shape index (κ2) is 5.35. The summed E-state index contributed by atoms with van der Waals surface area (Å²) in [6, 6.07) is 3.40. The number of aromatic nitrogens is 1. The Kier molecular flexibility index (Phi) is 3.81. The van der Waals surface area contributed by atoms with Crippen molar-refractivity contribution in [1.82, 2.24) is 9.88 Å². The predicted molar refractivity (Wildman–Crippen MR) is 69.3 cm³/mol. The zero-order chi connectivity index (χ0) is 13.1. The van der Waals surface area contributed by atoms with Gasteiger partial charge in [0.1, 0.15) is 5.82 Å². The molecular formula is C13H19N3O2. The highest BCUT2D eigenvalue weighted by Crippen LogP contribution is 2.14. The van der Waals surface area contributed by atoms with Gasteiger partial charge in [-0.05, 0) is 25.5 Å². The van der Waals surface area contributed by atoms with E-state index in [1.165, 1.54) is 0 Å². The van der Waals surface area contributed by atoms with Crippen LogP contribution in [0.1, 0.15) is 29.4 Å². The number of pyridine rings is 1. The number of morpholine rings is 1. The lowest BCUT2D eigenvalue weighted by molar-refractivity contribution is -0.0226. The van der Waals surface area contributed by atoms with E-state index in [2.05, 4.69) is 11.9 Å². The zero-order valence-corrected chi connectivity index (χ0v) is 10.8. The van der Waals surface area contributed by atoms with E-state index in [4.69, 9.17) is 10.5 Å². The number of carbonyl (C=O) groups is 1. The third-order valence-electron chi connectivity index (χ3n) is 3.10. The minimum absolute atomic E-state index is 0.00829. The molecule has 5 nitrogen and oxygen atoms in total. The van der Waals surface area contributed by atoms with Crippen LogP contribution in [0.25, 0.3) is 0 Å². The van der Waals surface area contributed by atoms with Gasteiger partial charge in [0.15, 0.2) is 0 Å². The lowest BCUT2D eigenvalue weighted by atomic mass is 10.1. The normalized spacial score (nSPS) is 19.9. The lowest BCUT2D eigenvalue weighted by Crippen LogP contribution is -2.45. The SMILES string of the molecule is CCC1CN(C(=O)c2cc(C)nc(N)c2)CCO1. The van der Waals surface area contributed by atoms with Crippen LogP contribution in [0.2, 0.25) is 0 Å². The van der Waals surface area contributed by atoms with Crippen LogP contribution in [0.15, 0.2) is 12.1 Å². The molecule has 98 valence electrons. The molecule has 0 radical (unpaired) electrons. The molecule has 2 N–H and O–H groups in total. The Morgan fingerprint density at radius 2 is 2.39 bits per heavy atom. The van der Waals surface area contributed by atoms with Crippen LogP contribution < -0.4 is 5.73 Å². The van der Waals surface area contributed by atoms with Gasteiger partial charge < -0.3 is 15.4 Å². The average Bonchev–Trinajstić information content (AvgIpc) is 2.37. The van der Waals surface area contributed by atoms with Gasteiger partial charge >= 0.3 is 0 Å². The van der Waals surface area contributed by atoms with E-state index < -0.39 is 0 Å². The van der Waals surface area contributed by atoms with Gasteiger partial charge in [0.25, 0.3) is 5.91 Å². The second-order valence-electron chi connectivity index (χ2n) is 4.57. The quantitative estimate of drug-likeness (QED) is 0.855. The van der Waals surface area contributed by atoms with E-state index in [1.54, 1.807) is 12.1 Å². The molecule has 1 saturated heterocycles. The molecule has 1 aromatic rings. The number of rotatable bonds is 2. The Labute approximate surface area is 107 Å². The largest absolute Gasteiger partial charge is 0.384 e. The molecule has 0 aliphatic carbocycles. The number of nitrogen functional groups attached to an aromatic ring is 1. The maximum absolute atomic E-state index is 12.4. The summed E-state index contributed by atoms with van der Waals surface area (Å²) >= 11 is 0. The molecule has 5 heteroatoms. The summed E-state index contributed by atoms with van der Waals surface area (Å²) < 4.78 is 5.56. The molecule has 1 aliphatic heterocycles. The summed E-state index contributed by atoms with van der Waals surface area (Å²) in [4.78, 5) is 18.3. The number of ether oxygens (including phenoxy) is 1. The van der Waals surface area contributed by atoms with Crippen LogP contribution in [0.3, 0.4) is 0 Å². The van der Waals surface area contributed by atoms with Crippen molar-refractivity contribution in [2.75, 3.05) is 25.4 Å². The third kappa shape index (κ3) is 2.79. The Hall–Kier alpha value is -1.62. The van der Waals surface area contributed by atoms with Gasteiger partial charge in [0, 0.05) is 24.3 Å². The number of hydrogen-bond donors (Lipinski definition) is 1. The molecule has 0 saturated carbocycles. The first-order valence-corrected chi connectivity index (χ1v) is 6.25. The molecule has 0 aromatic carbocycles. The first kappa shape index (κ1) is 12.8. The first-order chi connectivity index (χ1) is 8.60. The Morgan fingerprint density at radius 1 is 1.61 bits per heavy atom. The van der Waals surface area contributed by atoms with E-state index in [0.717, 1.165) is 12.1 Å². The van der Waals surface area contributed by atoms with E-state index >= 15 is 0 Å². The van der Waals surface area contributed by atoms with Crippen LogP contribution in [0.5, 0.6) is 0 Å². The van der Waals surface area contributed by atoms with E-state index in [9.17, 15) is 4.79 Å². The summed E-state index contributed by atoms with van der Waals surface area (Å²) in [5, 5.41) is 0. The molecule has 1 aliphatic rings. The fourth-order valence-electron chi connectivity index (χ4n) is 2.15. The fraction of sp³-hybridized carbons (Fsp3) is 0.538. The molecule has 1 fully saturated rings. The molecule has 1 unspecified atom stereocenters. The minimum atomic E-state index is 0.00829. The molecule has 2 heterocycles. The summed E-state index contributed by atoms with van der Waals surface area (Å²) in [5.74, 6) is 0.396. The molecule has 1 atom stereocenters. The average molecular weight is 249 g/mol. The van der Waals surface area contributed by atoms with Crippen LogP contribution >= 0.6 is 0 Å². The Morgan fingerprint density at radius 3 is 3.06 bits per heavy atom. The number of nitrogens with two attached hydrogens (primary N) is 1. The van der Waals surface area contributed by atoms with Gasteiger partial charge in [-0.3, -0.25) is 4.79 Å². The highest BCUT2D eigenvalue weighted by molar-refractivity contribution is 5.95. The summed E-state index contributed by atoms with van der Waals surface area (Å²) in [6.45, 7) is 5.78. The van der Waals surface area contributed by atoms with Gasteiger partial charge in [-0.2, -0.15) is 0 Å². The summed E-state index contributed by atoms with van der Waals surface area (Å²) in [5.41, 5.74) is 7.04. The number of nitrogens with zero attached hydrogens (tertiary/aromatic N) is 2. The van der Waals surface area contributed by atoms with E-state index in [1.807, 2.05) is 11.8 Å². The fourth-order valence-corrected chi connectivity index (χ4v) is 2.15. The maximum Gasteiger partial charge on any atom is 0.254 e. The monoisotopic (exact) mass is 249 g/mol. The van der Waals surface area contributed by atoms with Crippen molar-refractivity contribution in [2.24, 2.45) is 0 Å². The molecule has 1 amide bonds. The van der Waals surface area contributed by atoms with Crippen molar-refractivity contribution >= 4 is 11.7 Å². The number of anilines is 1. The van der Waals surface area contributed by atoms with Crippen molar-refractivity contribution in [3.05, 3.63) is 23.4 Å². The number of aryl methyl sites for hydroxylation is 1. The third-order valence-corrected chi connectivity index (χ3v) is 3.10. The second-order valence-corrected chi connectivity index (χ2v) is 4.57. The van der Waals surface area contributed by atoms with Gasteiger partial charge in [-0.25, -0.2) is 4.98 Å². The smallest absolute Gasteiger partial charge is 0.254 e. The molecule has 1 aromatic heterocycles. The number of carbonyl (C=O) groups excluding carboxylic acids is 1. The number of hydrogen-bond acceptors (Lipinski definition) is 4. The lowest BCUT2D eigenvalue weighted by Gasteiger charge is -2.32. The van der Waals surface area contributed by atoms with Crippen LogP contribution in [0, 0.1) is 6.92 Å². The van der Waals surface area contributed by atoms with E-state index in [0.29, 0.717) is 31.1 Å². The van der Waals surface area contributed by atoms with Crippen molar-refractivity contribution in [3.63, 3.8) is 0 Å². The maximum atomic E-state index is 12.4. The summed E-state index contributed by atoms with van der Waals surface area (Å²) in [7, 11) is 0. The van der Waals surface area contributed by atoms with E-state index in [-0.39, 0.29) is 12.0 Å². The molecule has 2 rings (SSSR count). The van der Waals surface area contributed by atoms with Crippen molar-refractivity contribution in [2.45, 2.75) is 26.4 Å². The standard InChI is InChI=1S/C13H19N3O2/c1-3-11-8-16(4-5-18-11)13(17)10-6-9(2)15-12(14)7-10/h6-7,11H,3-5,8H2,1-2H3,(H2,14,15). The van der Waals surface area contributed by atoms with Crippen LogP contribution in [0.4, 0.5) is 5.82 Å². The molecule has 0 bridgehead atoms. The van der Waals surface area contributed by atoms with Crippen LogP contribution in [-0.4, -0.2) is 41.6 Å². The summed E-state index contributed by atoms with van der Waals surface area (Å²) in [6.07, 6.45) is 1.06. The van der Waals surface area contributed by atoms with Crippen molar-refractivity contribution in [1.29, 1.82) is 0 Å². The first-order valence-electron chi connectivity index (χ1n) is 6.25. The highest BCUT2D eigenvalue weighted by Gasteiger charge is 2.24. The van der Waals surface area contributed by atoms with Crippen molar-refractivity contribution < 1.29 is 9.53 Å². The van der Waals surface area contributed by atoms with Crippen molar-refractivity contribution in [3.8, 4) is 0 Å². The van der Waals surface area contributed by atoms with Gasteiger partial charge in [-0.15, -0.1) is 0 Å². The highest BCUT2D eigenvalue weighted by atomic mass is 16.5. The Balaban J connectivity index is 2.15. The van der Waals surface area contributed by atoms with Gasteiger partial charge in [-0.1, -0.05) is 6.92 Å². The zero-order valence-electron chi connectivity index (χ0n) is 10.8. The number of amides is 1. The topological polar surface area (TPSA) is 68.5 Å². The minimum Gasteiger partial charge on any atom is -0.384 e. The van der Waals surface area contributed by atoms with Gasteiger partial charge in [0.05, 0.1) is 12.7 Å². The Bertz CT molecular complexity index is 428. The molecule has 0 spiro atoms. The molecule has 18 heavy (non-hydrogen) atoms. The predicted octanol–water partition coefficient (Wildman–Crippen LogP) is 1.22.